The van der Waals surface area contributed by atoms with Gasteiger partial charge in [-0.3, -0.25) is 9.59 Å². The smallest absolute Gasteiger partial charge is 0.326 e. The van der Waals surface area contributed by atoms with Gasteiger partial charge in [-0.05, 0) is 25.2 Å². The largest absolute Gasteiger partial charge is 0.480 e. The minimum atomic E-state index is -1.03. The molecule has 0 aliphatic carbocycles. The van der Waals surface area contributed by atoms with Crippen LogP contribution in [-0.4, -0.2) is 46.4 Å². The van der Waals surface area contributed by atoms with Gasteiger partial charge in [0.1, 0.15) is 12.1 Å². The predicted molar refractivity (Wildman–Crippen MR) is 69.4 cm³/mol. The van der Waals surface area contributed by atoms with Crippen LogP contribution in [0.5, 0.6) is 0 Å². The summed E-state index contributed by atoms with van der Waals surface area (Å²) in [5.74, 6) is -1.36. The fraction of sp³-hybridized carbons (Fsp3) is 0.769. The monoisotopic (exact) mass is 270 g/mol. The van der Waals surface area contributed by atoms with Crippen molar-refractivity contribution >= 4 is 17.8 Å². The van der Waals surface area contributed by atoms with Gasteiger partial charge in [0, 0.05) is 13.5 Å². The molecule has 0 aromatic rings. The summed E-state index contributed by atoms with van der Waals surface area (Å²) in [5, 5.41) is 11.6. The summed E-state index contributed by atoms with van der Waals surface area (Å²) in [4.78, 5) is 36.1. The summed E-state index contributed by atoms with van der Waals surface area (Å²) in [5.41, 5.74) is 0. The molecule has 2 amide bonds. The van der Waals surface area contributed by atoms with E-state index in [2.05, 4.69) is 5.32 Å². The molecule has 2 atom stereocenters. The van der Waals surface area contributed by atoms with Gasteiger partial charge in [-0.2, -0.15) is 0 Å². The van der Waals surface area contributed by atoms with E-state index in [0.29, 0.717) is 19.4 Å². The van der Waals surface area contributed by atoms with Crippen molar-refractivity contribution in [3.8, 4) is 0 Å². The van der Waals surface area contributed by atoms with Gasteiger partial charge in [0.25, 0.3) is 0 Å². The van der Waals surface area contributed by atoms with Crippen LogP contribution in [0.1, 0.15) is 40.0 Å². The van der Waals surface area contributed by atoms with E-state index in [1.807, 2.05) is 13.8 Å². The molecule has 19 heavy (non-hydrogen) atoms. The molecule has 1 unspecified atom stereocenters. The molecule has 2 N–H and O–H groups in total. The molecule has 1 saturated heterocycles. The van der Waals surface area contributed by atoms with Gasteiger partial charge in [-0.25, -0.2) is 4.79 Å². The molecule has 6 nitrogen and oxygen atoms in total. The number of amides is 2. The van der Waals surface area contributed by atoms with Crippen LogP contribution in [0.4, 0.5) is 0 Å². The number of likely N-dealkylation sites (tertiary alicyclic amines) is 1. The summed E-state index contributed by atoms with van der Waals surface area (Å²) >= 11 is 0. The van der Waals surface area contributed by atoms with E-state index in [1.54, 1.807) is 0 Å². The first-order chi connectivity index (χ1) is 8.82. The number of rotatable bonds is 5. The Kier molecular flexibility index (Phi) is 5.32. The van der Waals surface area contributed by atoms with Crippen molar-refractivity contribution in [2.45, 2.75) is 52.1 Å². The Morgan fingerprint density at radius 3 is 2.47 bits per heavy atom. The van der Waals surface area contributed by atoms with E-state index in [4.69, 9.17) is 5.11 Å². The van der Waals surface area contributed by atoms with Gasteiger partial charge in [0.2, 0.25) is 11.8 Å². The van der Waals surface area contributed by atoms with Crippen molar-refractivity contribution in [2.24, 2.45) is 5.92 Å². The van der Waals surface area contributed by atoms with Gasteiger partial charge in [-0.1, -0.05) is 13.8 Å². The molecule has 1 fully saturated rings. The van der Waals surface area contributed by atoms with Gasteiger partial charge in [0.15, 0.2) is 0 Å². The molecule has 0 bridgehead atoms. The normalized spacial score (nSPS) is 20.4. The van der Waals surface area contributed by atoms with Crippen LogP contribution in [0.2, 0.25) is 0 Å². The van der Waals surface area contributed by atoms with Crippen LogP contribution in [0.3, 0.4) is 0 Å². The lowest BCUT2D eigenvalue weighted by Crippen LogP contribution is -2.50. The Bertz CT molecular complexity index is 368. The van der Waals surface area contributed by atoms with Gasteiger partial charge >= 0.3 is 5.97 Å². The minimum absolute atomic E-state index is 0.145. The highest BCUT2D eigenvalue weighted by atomic mass is 16.4. The van der Waals surface area contributed by atoms with Crippen LogP contribution < -0.4 is 5.32 Å². The molecule has 1 aliphatic rings. The maximum atomic E-state index is 12.1. The Morgan fingerprint density at radius 1 is 1.37 bits per heavy atom. The highest BCUT2D eigenvalue weighted by molar-refractivity contribution is 5.90. The second-order valence-electron chi connectivity index (χ2n) is 5.40. The molecule has 0 spiro atoms. The number of carboxylic acids is 1. The quantitative estimate of drug-likeness (QED) is 0.766. The topological polar surface area (TPSA) is 86.7 Å². The zero-order chi connectivity index (χ0) is 14.6. The Morgan fingerprint density at radius 2 is 2.00 bits per heavy atom. The van der Waals surface area contributed by atoms with Crippen molar-refractivity contribution in [1.82, 2.24) is 10.2 Å². The van der Waals surface area contributed by atoms with Crippen molar-refractivity contribution < 1.29 is 19.5 Å². The second kappa shape index (κ2) is 6.54. The Hall–Kier alpha value is -1.59. The second-order valence-corrected chi connectivity index (χ2v) is 5.40. The fourth-order valence-electron chi connectivity index (χ4n) is 2.38. The predicted octanol–water partition coefficient (Wildman–Crippen LogP) is 0.613. The van der Waals surface area contributed by atoms with E-state index >= 15 is 0 Å². The highest BCUT2D eigenvalue weighted by Crippen LogP contribution is 2.18. The fourth-order valence-corrected chi connectivity index (χ4v) is 2.38. The first-order valence-electron chi connectivity index (χ1n) is 6.63. The molecular formula is C13H22N2O4. The number of carboxylic acid groups (broad SMARTS) is 1. The SMILES string of the molecule is CC(=O)N1CCCC1C(=O)N[C@@H](CC(C)C)C(=O)O. The van der Waals surface area contributed by atoms with Gasteiger partial charge in [0.05, 0.1) is 0 Å². The lowest BCUT2D eigenvalue weighted by molar-refractivity contribution is -0.144. The van der Waals surface area contributed by atoms with Crippen molar-refractivity contribution in [3.05, 3.63) is 0 Å². The van der Waals surface area contributed by atoms with Crippen LogP contribution in [0, 0.1) is 5.92 Å². The van der Waals surface area contributed by atoms with Gasteiger partial charge < -0.3 is 15.3 Å². The number of hydrogen-bond donors (Lipinski definition) is 2. The molecule has 0 aromatic carbocycles. The third-order valence-electron chi connectivity index (χ3n) is 3.28. The molecule has 0 aromatic heterocycles. The van der Waals surface area contributed by atoms with Crippen LogP contribution in [0.15, 0.2) is 0 Å². The Balaban J connectivity index is 2.66. The van der Waals surface area contributed by atoms with E-state index in [0.717, 1.165) is 6.42 Å². The maximum absolute atomic E-state index is 12.1. The molecule has 108 valence electrons. The summed E-state index contributed by atoms with van der Waals surface area (Å²) in [6.45, 7) is 5.79. The molecule has 1 aliphatic heterocycles. The number of carbonyl (C=O) groups excluding carboxylic acids is 2. The first kappa shape index (κ1) is 15.5. The lowest BCUT2D eigenvalue weighted by Gasteiger charge is -2.24. The summed E-state index contributed by atoms with van der Waals surface area (Å²) < 4.78 is 0. The van der Waals surface area contributed by atoms with Crippen molar-refractivity contribution in [1.29, 1.82) is 0 Å². The zero-order valence-corrected chi connectivity index (χ0v) is 11.7. The number of nitrogens with one attached hydrogen (secondary N) is 1. The van der Waals surface area contributed by atoms with E-state index in [9.17, 15) is 14.4 Å². The maximum Gasteiger partial charge on any atom is 0.326 e. The third kappa shape index (κ3) is 4.22. The van der Waals surface area contributed by atoms with E-state index in [-0.39, 0.29) is 17.7 Å². The van der Waals surface area contributed by atoms with Crippen LogP contribution >= 0.6 is 0 Å². The molecule has 1 heterocycles. The highest BCUT2D eigenvalue weighted by Gasteiger charge is 2.34. The third-order valence-corrected chi connectivity index (χ3v) is 3.28. The lowest BCUT2D eigenvalue weighted by atomic mass is 10.0. The number of aliphatic carboxylic acids is 1. The van der Waals surface area contributed by atoms with Gasteiger partial charge in [-0.15, -0.1) is 0 Å². The van der Waals surface area contributed by atoms with Crippen LogP contribution in [0.25, 0.3) is 0 Å². The average molecular weight is 270 g/mol. The molecule has 0 saturated carbocycles. The summed E-state index contributed by atoms with van der Waals surface area (Å²) in [6.07, 6.45) is 1.76. The number of hydrogen-bond acceptors (Lipinski definition) is 3. The van der Waals surface area contributed by atoms with E-state index in [1.165, 1.54) is 11.8 Å². The molecule has 6 heteroatoms. The summed E-state index contributed by atoms with van der Waals surface area (Å²) in [6, 6.07) is -1.41. The average Bonchev–Trinajstić information content (AvgIpc) is 2.76. The molecular weight excluding hydrogens is 248 g/mol. The van der Waals surface area contributed by atoms with Crippen LogP contribution in [-0.2, 0) is 14.4 Å². The minimum Gasteiger partial charge on any atom is -0.480 e. The number of nitrogens with zero attached hydrogens (tertiary/aromatic N) is 1. The van der Waals surface area contributed by atoms with E-state index < -0.39 is 18.1 Å². The zero-order valence-electron chi connectivity index (χ0n) is 11.7. The summed E-state index contributed by atoms with van der Waals surface area (Å²) in [7, 11) is 0. The molecule has 1 rings (SSSR count). The number of carbonyl (C=O) groups is 3. The Labute approximate surface area is 113 Å². The standard InChI is InChI=1S/C13H22N2O4/c1-8(2)7-10(13(18)19)14-12(17)11-5-4-6-15(11)9(3)16/h8,10-11H,4-7H2,1-3H3,(H,14,17)(H,18,19)/t10-,11?/m0/s1. The van der Waals surface area contributed by atoms with Crippen molar-refractivity contribution in [2.75, 3.05) is 6.54 Å². The molecule has 0 radical (unpaired) electrons. The van der Waals surface area contributed by atoms with Crippen molar-refractivity contribution in [3.63, 3.8) is 0 Å². The first-order valence-corrected chi connectivity index (χ1v) is 6.63.